The fourth-order valence-corrected chi connectivity index (χ4v) is 4.60. The van der Waals surface area contributed by atoms with Crippen LogP contribution in [0.25, 0.3) is 0 Å². The smallest absolute Gasteiger partial charge is 0.305 e. The average Bonchev–Trinajstić information content (AvgIpc) is 2.29. The minimum atomic E-state index is -3.42. The summed E-state index contributed by atoms with van der Waals surface area (Å²) < 4.78 is 30.6. The molecule has 0 aromatic rings. The van der Waals surface area contributed by atoms with Crippen molar-refractivity contribution in [1.82, 2.24) is 4.31 Å². The fourth-order valence-electron chi connectivity index (χ4n) is 1.79. The van der Waals surface area contributed by atoms with Crippen LogP contribution in [0.5, 0.6) is 0 Å². The summed E-state index contributed by atoms with van der Waals surface area (Å²) in [6.45, 7) is 2.82. The first-order valence-electron chi connectivity index (χ1n) is 5.84. The van der Waals surface area contributed by atoms with Crippen LogP contribution >= 0.6 is 11.8 Å². The molecule has 1 N–H and O–H groups in total. The summed E-state index contributed by atoms with van der Waals surface area (Å²) in [5, 5.41) is 8.81. The first-order chi connectivity index (χ1) is 8.47. The number of carboxylic acid groups (broad SMARTS) is 1. The van der Waals surface area contributed by atoms with Crippen molar-refractivity contribution in [2.75, 3.05) is 37.0 Å². The Labute approximate surface area is 112 Å². The van der Waals surface area contributed by atoms with Crippen molar-refractivity contribution in [1.29, 1.82) is 0 Å². The van der Waals surface area contributed by atoms with Crippen LogP contribution in [0.4, 0.5) is 0 Å². The van der Waals surface area contributed by atoms with E-state index in [0.717, 1.165) is 0 Å². The number of hydrogen-bond acceptors (Lipinski definition) is 5. The van der Waals surface area contributed by atoms with Gasteiger partial charge in [0.25, 0.3) is 0 Å². The first-order valence-corrected chi connectivity index (χ1v) is 8.60. The highest BCUT2D eigenvalue weighted by atomic mass is 32.2. The Morgan fingerprint density at radius 3 is 2.89 bits per heavy atom. The van der Waals surface area contributed by atoms with Crippen LogP contribution in [-0.2, 0) is 19.6 Å². The van der Waals surface area contributed by atoms with E-state index in [2.05, 4.69) is 0 Å². The second-order valence-corrected chi connectivity index (χ2v) is 7.14. The number of nitrogens with zero attached hydrogens (tertiary/aromatic N) is 1. The molecule has 1 rings (SSSR count). The monoisotopic (exact) mass is 297 g/mol. The lowest BCUT2D eigenvalue weighted by Crippen LogP contribution is -2.48. The molecule has 0 aliphatic carbocycles. The quantitative estimate of drug-likeness (QED) is 0.678. The van der Waals surface area contributed by atoms with Crippen LogP contribution in [-0.4, -0.2) is 66.9 Å². The molecule has 1 aliphatic rings. The van der Waals surface area contributed by atoms with Gasteiger partial charge in [0.05, 0.1) is 18.8 Å². The average molecular weight is 297 g/mol. The van der Waals surface area contributed by atoms with Crippen molar-refractivity contribution in [3.05, 3.63) is 0 Å². The topological polar surface area (TPSA) is 83.9 Å². The largest absolute Gasteiger partial charge is 0.481 e. The molecule has 1 unspecified atom stereocenters. The molecule has 0 aromatic heterocycles. The van der Waals surface area contributed by atoms with Gasteiger partial charge in [0.15, 0.2) is 0 Å². The molecular weight excluding hydrogens is 278 g/mol. The number of ether oxygens (including phenoxy) is 1. The summed E-state index contributed by atoms with van der Waals surface area (Å²) in [4.78, 5) is 10.7. The molecule has 0 saturated carbocycles. The maximum Gasteiger partial charge on any atom is 0.305 e. The van der Waals surface area contributed by atoms with E-state index in [-0.39, 0.29) is 18.8 Å². The molecule has 0 bridgehead atoms. The zero-order valence-corrected chi connectivity index (χ0v) is 12.0. The molecule has 0 amide bonds. The third-order valence-corrected chi connectivity index (χ3v) is 5.60. The fraction of sp³-hybridized carbons (Fsp3) is 0.900. The summed E-state index contributed by atoms with van der Waals surface area (Å²) in [6.07, 6.45) is -0.138. The highest BCUT2D eigenvalue weighted by molar-refractivity contribution is 7.99. The number of sulfonamides is 1. The zero-order chi connectivity index (χ0) is 13.6. The lowest BCUT2D eigenvalue weighted by molar-refractivity contribution is -0.137. The van der Waals surface area contributed by atoms with Gasteiger partial charge in [-0.2, -0.15) is 16.1 Å². The molecule has 18 heavy (non-hydrogen) atoms. The minimum Gasteiger partial charge on any atom is -0.481 e. The maximum atomic E-state index is 12.1. The number of carboxylic acids is 1. The van der Waals surface area contributed by atoms with Gasteiger partial charge in [-0.3, -0.25) is 4.79 Å². The van der Waals surface area contributed by atoms with E-state index in [1.54, 1.807) is 18.7 Å². The van der Waals surface area contributed by atoms with E-state index in [9.17, 15) is 13.2 Å². The highest BCUT2D eigenvalue weighted by Gasteiger charge is 2.33. The molecule has 6 nitrogen and oxygen atoms in total. The van der Waals surface area contributed by atoms with E-state index < -0.39 is 22.0 Å². The predicted molar refractivity (Wildman–Crippen MR) is 70.4 cm³/mol. The van der Waals surface area contributed by atoms with E-state index in [4.69, 9.17) is 9.84 Å². The van der Waals surface area contributed by atoms with Gasteiger partial charge in [0.1, 0.15) is 0 Å². The van der Waals surface area contributed by atoms with E-state index in [1.165, 1.54) is 4.31 Å². The molecule has 1 aliphatic heterocycles. The molecule has 8 heteroatoms. The Morgan fingerprint density at radius 1 is 1.56 bits per heavy atom. The van der Waals surface area contributed by atoms with Gasteiger partial charge in [0, 0.05) is 30.7 Å². The van der Waals surface area contributed by atoms with Gasteiger partial charge in [-0.15, -0.1) is 0 Å². The summed E-state index contributed by atoms with van der Waals surface area (Å²) in [7, 11) is -3.42. The molecule has 1 heterocycles. The normalized spacial score (nSPS) is 21.9. The molecule has 1 fully saturated rings. The van der Waals surface area contributed by atoms with Crippen LogP contribution in [0.2, 0.25) is 0 Å². The van der Waals surface area contributed by atoms with Gasteiger partial charge >= 0.3 is 5.97 Å². The standard InChI is InChI=1S/C10H19NO5S2/c1-2-16-4-6-18(14,15)11-3-5-17-8-9(11)7-10(12)13/h9H,2-8H2,1H3,(H,12,13). The molecular formula is C10H19NO5S2. The molecule has 0 radical (unpaired) electrons. The summed E-state index contributed by atoms with van der Waals surface area (Å²) >= 11 is 1.59. The van der Waals surface area contributed by atoms with Crippen molar-refractivity contribution < 1.29 is 23.1 Å². The number of carbonyl (C=O) groups is 1. The SMILES string of the molecule is CCOCCS(=O)(=O)N1CCSCC1CC(=O)O. The Hall–Kier alpha value is -0.310. The van der Waals surface area contributed by atoms with Crippen molar-refractivity contribution >= 4 is 27.8 Å². The van der Waals surface area contributed by atoms with Crippen molar-refractivity contribution in [2.24, 2.45) is 0 Å². The van der Waals surface area contributed by atoms with Gasteiger partial charge in [-0.1, -0.05) is 0 Å². The van der Waals surface area contributed by atoms with Crippen LogP contribution in [0.1, 0.15) is 13.3 Å². The number of aliphatic carboxylic acids is 1. The van der Waals surface area contributed by atoms with E-state index in [1.807, 2.05) is 0 Å². The van der Waals surface area contributed by atoms with Crippen LogP contribution in [0.3, 0.4) is 0 Å². The number of hydrogen-bond donors (Lipinski definition) is 1. The van der Waals surface area contributed by atoms with Gasteiger partial charge < -0.3 is 9.84 Å². The van der Waals surface area contributed by atoms with Crippen molar-refractivity contribution in [3.63, 3.8) is 0 Å². The number of rotatable bonds is 7. The van der Waals surface area contributed by atoms with Crippen molar-refractivity contribution in [2.45, 2.75) is 19.4 Å². The van der Waals surface area contributed by atoms with Crippen molar-refractivity contribution in [3.8, 4) is 0 Å². The Bertz CT molecular complexity index is 370. The molecule has 0 spiro atoms. The molecule has 106 valence electrons. The van der Waals surface area contributed by atoms with E-state index in [0.29, 0.717) is 24.7 Å². The third kappa shape index (κ3) is 4.75. The zero-order valence-electron chi connectivity index (χ0n) is 10.4. The Morgan fingerprint density at radius 2 is 2.28 bits per heavy atom. The maximum absolute atomic E-state index is 12.1. The highest BCUT2D eigenvalue weighted by Crippen LogP contribution is 2.22. The van der Waals surface area contributed by atoms with Crippen LogP contribution in [0, 0.1) is 0 Å². The lowest BCUT2D eigenvalue weighted by atomic mass is 10.2. The lowest BCUT2D eigenvalue weighted by Gasteiger charge is -2.33. The molecule has 0 aromatic carbocycles. The summed E-state index contributed by atoms with van der Waals surface area (Å²) in [5.74, 6) is 0.207. The van der Waals surface area contributed by atoms with Crippen LogP contribution < -0.4 is 0 Å². The third-order valence-electron chi connectivity index (χ3n) is 2.63. The van der Waals surface area contributed by atoms with E-state index >= 15 is 0 Å². The Kier molecular flexibility index (Phi) is 6.40. The number of thioether (sulfide) groups is 1. The molecule has 1 saturated heterocycles. The predicted octanol–water partition coefficient (Wildman–Crippen LogP) is 0.245. The Balaban J connectivity index is 2.66. The van der Waals surface area contributed by atoms with Gasteiger partial charge in [-0.05, 0) is 6.92 Å². The van der Waals surface area contributed by atoms with Gasteiger partial charge in [0.2, 0.25) is 10.0 Å². The summed E-state index contributed by atoms with van der Waals surface area (Å²) in [5.41, 5.74) is 0. The molecule has 1 atom stereocenters. The summed E-state index contributed by atoms with van der Waals surface area (Å²) in [6, 6.07) is -0.437. The minimum absolute atomic E-state index is 0.0817. The first kappa shape index (κ1) is 15.7. The van der Waals surface area contributed by atoms with Gasteiger partial charge in [-0.25, -0.2) is 8.42 Å². The van der Waals surface area contributed by atoms with Crippen LogP contribution in [0.15, 0.2) is 0 Å². The second-order valence-electron chi connectivity index (χ2n) is 3.95. The second kappa shape index (κ2) is 7.32.